The summed E-state index contributed by atoms with van der Waals surface area (Å²) < 4.78 is 88.3. The molecule has 3 aromatic heterocycles. The number of halogens is 3. The number of carbonyl (C=O) groups is 1. The van der Waals surface area contributed by atoms with Crippen molar-refractivity contribution in [2.75, 3.05) is 11.5 Å². The zero-order chi connectivity index (χ0) is 41.2. The summed E-state index contributed by atoms with van der Waals surface area (Å²) in [5.41, 5.74) is 5.58. The van der Waals surface area contributed by atoms with E-state index >= 15 is 0 Å². The van der Waals surface area contributed by atoms with Crippen molar-refractivity contribution in [3.63, 3.8) is 0 Å². The molecule has 2 saturated carbocycles. The van der Waals surface area contributed by atoms with E-state index in [0.29, 0.717) is 23.8 Å². The molecule has 2 fully saturated rings. The molecule has 2 aliphatic carbocycles. The molecule has 3 N–H and O–H groups in total. The average molecular weight is 804 g/mol. The Bertz CT molecular complexity index is 2750. The lowest BCUT2D eigenvalue weighted by Crippen LogP contribution is -2.42. The fraction of sp³-hybridized carbons (Fsp3) is 0.341. The third-order valence-corrected chi connectivity index (χ3v) is 12.3. The highest BCUT2D eigenvalue weighted by Crippen LogP contribution is 2.64. The van der Waals surface area contributed by atoms with Crippen molar-refractivity contribution in [1.29, 1.82) is 0 Å². The highest BCUT2D eigenvalue weighted by atomic mass is 32.2. The fourth-order valence-electron chi connectivity index (χ4n) is 8.42. The second kappa shape index (κ2) is 14.4. The molecule has 3 aromatic carbocycles. The van der Waals surface area contributed by atoms with E-state index in [1.165, 1.54) is 59.5 Å². The first kappa shape index (κ1) is 39.6. The van der Waals surface area contributed by atoms with Gasteiger partial charge in [-0.05, 0) is 93.0 Å². The molecule has 8 rings (SSSR count). The van der Waals surface area contributed by atoms with Crippen LogP contribution in [-0.2, 0) is 14.9 Å². The largest absolute Gasteiger partial charge is 0.488 e. The van der Waals surface area contributed by atoms with Gasteiger partial charge in [0.2, 0.25) is 5.43 Å². The first-order valence-corrected chi connectivity index (χ1v) is 19.9. The molecule has 2 bridgehead atoms. The first-order chi connectivity index (χ1) is 26.8. The van der Waals surface area contributed by atoms with Crippen molar-refractivity contribution in [2.45, 2.75) is 66.0 Å². The Balaban J connectivity index is 0.000000277. The smallest absolute Gasteiger partial charge is 0.265 e. The third kappa shape index (κ3) is 6.94. The quantitative estimate of drug-likeness (QED) is 0.143. The SMILES string of the molecule is CC(C)Oc1ccc(-c2nn([C@H](C)c3oc4cccc(F)c4c(=O)c3-c3cccc(F)c3)c3ncnc(N)c23)cc1F.CC1(C)C2CCC1(CS(=O)(=O)O)C(=O)C2. The number of fused-ring (bicyclic) bond motifs is 4. The summed E-state index contributed by atoms with van der Waals surface area (Å²) in [6, 6.07) is 13.0. The number of ketones is 1. The number of hydrogen-bond donors (Lipinski definition) is 2. The van der Waals surface area contributed by atoms with Crippen molar-refractivity contribution < 1.29 is 40.1 Å². The monoisotopic (exact) mass is 803 g/mol. The zero-order valence-corrected chi connectivity index (χ0v) is 32.5. The zero-order valence-electron chi connectivity index (χ0n) is 31.7. The second-order valence-electron chi connectivity index (χ2n) is 15.4. The van der Waals surface area contributed by atoms with Gasteiger partial charge in [0.1, 0.15) is 58.0 Å². The Labute approximate surface area is 325 Å². The maximum atomic E-state index is 15.0. The van der Waals surface area contributed by atoms with Crippen LogP contribution in [0.15, 0.2) is 76.2 Å². The maximum Gasteiger partial charge on any atom is 0.265 e. The van der Waals surface area contributed by atoms with Crippen LogP contribution in [0, 0.1) is 34.2 Å². The van der Waals surface area contributed by atoms with Gasteiger partial charge in [-0.25, -0.2) is 27.8 Å². The molecule has 6 aromatic rings. The molecule has 0 amide bonds. The van der Waals surface area contributed by atoms with Gasteiger partial charge in [-0.2, -0.15) is 13.5 Å². The summed E-state index contributed by atoms with van der Waals surface area (Å²) in [6.07, 6.45) is 3.00. The maximum absolute atomic E-state index is 15.0. The third-order valence-electron chi connectivity index (χ3n) is 11.4. The summed E-state index contributed by atoms with van der Waals surface area (Å²) >= 11 is 0. The van der Waals surface area contributed by atoms with Gasteiger partial charge in [0.05, 0.1) is 28.2 Å². The minimum absolute atomic E-state index is 0.00985. The number of rotatable bonds is 8. The summed E-state index contributed by atoms with van der Waals surface area (Å²) in [6.45, 7) is 9.17. The molecule has 12 nitrogen and oxygen atoms in total. The van der Waals surface area contributed by atoms with Crippen LogP contribution in [0.2, 0.25) is 0 Å². The van der Waals surface area contributed by atoms with Crippen LogP contribution >= 0.6 is 0 Å². The Morgan fingerprint density at radius 3 is 2.35 bits per heavy atom. The lowest BCUT2D eigenvalue weighted by atomic mass is 9.70. The molecular weight excluding hydrogens is 764 g/mol. The van der Waals surface area contributed by atoms with E-state index < -0.39 is 50.2 Å². The van der Waals surface area contributed by atoms with E-state index in [9.17, 15) is 31.2 Å². The van der Waals surface area contributed by atoms with Crippen LogP contribution in [0.4, 0.5) is 19.0 Å². The molecule has 3 atom stereocenters. The van der Waals surface area contributed by atoms with Gasteiger partial charge in [-0.3, -0.25) is 14.1 Å². The lowest BCUT2D eigenvalue weighted by Gasteiger charge is -2.35. The minimum Gasteiger partial charge on any atom is -0.488 e. The van der Waals surface area contributed by atoms with Gasteiger partial charge in [0, 0.05) is 12.0 Å². The topological polar surface area (TPSA) is 180 Å². The van der Waals surface area contributed by atoms with Gasteiger partial charge in [0.25, 0.3) is 10.1 Å². The Morgan fingerprint density at radius 2 is 1.72 bits per heavy atom. The van der Waals surface area contributed by atoms with E-state index in [1.807, 2.05) is 13.8 Å². The number of carbonyl (C=O) groups excluding carboxylic acids is 1. The predicted octanol–water partition coefficient (Wildman–Crippen LogP) is 7.93. The number of Topliss-reactive ketones (excluding diaryl/α,β-unsaturated/α-hetero) is 1. The van der Waals surface area contributed by atoms with E-state index in [-0.39, 0.29) is 74.0 Å². The number of nitrogens with two attached hydrogens (primary N) is 1. The van der Waals surface area contributed by atoms with Crippen molar-refractivity contribution in [1.82, 2.24) is 19.7 Å². The Morgan fingerprint density at radius 1 is 0.982 bits per heavy atom. The lowest BCUT2D eigenvalue weighted by molar-refractivity contribution is -0.128. The normalized spacial score (nSPS) is 19.3. The molecular formula is C41H40F3N5O7S. The number of nitrogens with zero attached hydrogens (tertiary/aromatic N) is 4. The van der Waals surface area contributed by atoms with Gasteiger partial charge >= 0.3 is 0 Å². The summed E-state index contributed by atoms with van der Waals surface area (Å²) in [4.78, 5) is 34.1. The molecule has 0 saturated heterocycles. The van der Waals surface area contributed by atoms with E-state index in [4.69, 9.17) is 24.5 Å². The van der Waals surface area contributed by atoms with Gasteiger partial charge in [-0.1, -0.05) is 32.0 Å². The molecule has 298 valence electrons. The molecule has 0 spiro atoms. The van der Waals surface area contributed by atoms with Crippen molar-refractivity contribution >= 4 is 43.7 Å². The molecule has 16 heteroatoms. The predicted molar refractivity (Wildman–Crippen MR) is 208 cm³/mol. The van der Waals surface area contributed by atoms with Crippen LogP contribution in [0.5, 0.6) is 5.75 Å². The second-order valence-corrected chi connectivity index (χ2v) is 16.9. The molecule has 2 unspecified atom stereocenters. The minimum atomic E-state index is -4.08. The molecule has 0 aliphatic heterocycles. The summed E-state index contributed by atoms with van der Waals surface area (Å²) in [7, 11) is -4.08. The first-order valence-electron chi connectivity index (χ1n) is 18.3. The summed E-state index contributed by atoms with van der Waals surface area (Å²) in [5.74, 6) is -1.78. The van der Waals surface area contributed by atoms with Crippen molar-refractivity contribution in [2.24, 2.45) is 16.7 Å². The number of nitrogen functional groups attached to an aromatic ring is 1. The summed E-state index contributed by atoms with van der Waals surface area (Å²) in [5, 5.41) is 4.81. The van der Waals surface area contributed by atoms with Crippen LogP contribution in [-0.4, -0.2) is 50.4 Å². The van der Waals surface area contributed by atoms with Gasteiger partial charge < -0.3 is 14.9 Å². The van der Waals surface area contributed by atoms with Gasteiger partial charge in [-0.15, -0.1) is 0 Å². The van der Waals surface area contributed by atoms with E-state index in [0.717, 1.165) is 12.5 Å². The van der Waals surface area contributed by atoms with Crippen LogP contribution in [0.3, 0.4) is 0 Å². The molecule has 2 aliphatic rings. The Hall–Kier alpha value is -5.61. The van der Waals surface area contributed by atoms with Crippen LogP contribution in [0.25, 0.3) is 44.4 Å². The highest BCUT2D eigenvalue weighted by Gasteiger charge is 2.65. The number of hydrogen-bond acceptors (Lipinski definition) is 10. The Kier molecular flexibility index (Phi) is 10.0. The molecule has 3 heterocycles. The van der Waals surface area contributed by atoms with E-state index in [1.54, 1.807) is 26.8 Å². The van der Waals surface area contributed by atoms with Crippen LogP contribution in [0.1, 0.15) is 65.7 Å². The van der Waals surface area contributed by atoms with Crippen molar-refractivity contribution in [3.8, 4) is 28.1 Å². The standard InChI is InChI=1S/C31H24F3N5O3.C10H16O4S/c1-15(2)41-22-11-10-18(13-21(22)34)27-26-30(35)36-14-37-31(26)39(38-27)16(3)29-24(17-6-4-7-19(32)12-17)28(40)25-20(33)8-5-9-23(25)42-29;1-9(2)7-3-4-10(9,8(11)5-7)6-15(12,13)14/h4-16H,1-3H3,(H2,35,36,37);7H,3-6H2,1-2H3,(H,12,13,14)/t16-;/m1./s1. The average Bonchev–Trinajstić information content (AvgIpc) is 3.69. The number of anilines is 1. The molecule has 57 heavy (non-hydrogen) atoms. The molecule has 0 radical (unpaired) electrons. The van der Waals surface area contributed by atoms with Crippen molar-refractivity contribution in [3.05, 3.63) is 100 Å². The van der Waals surface area contributed by atoms with E-state index in [2.05, 4.69) is 9.97 Å². The van der Waals surface area contributed by atoms with Crippen LogP contribution < -0.4 is 15.9 Å². The number of aromatic nitrogens is 4. The number of ether oxygens (including phenoxy) is 1. The fourth-order valence-corrected chi connectivity index (χ4v) is 9.72. The number of benzene rings is 3. The van der Waals surface area contributed by atoms with Gasteiger partial charge in [0.15, 0.2) is 17.2 Å². The highest BCUT2D eigenvalue weighted by molar-refractivity contribution is 7.85.